The lowest BCUT2D eigenvalue weighted by atomic mass is 10.2. The Morgan fingerprint density at radius 2 is 1.12 bits per heavy atom. The molecule has 0 fully saturated rings. The Morgan fingerprint density at radius 3 is 1.50 bits per heavy atom. The van der Waals surface area contributed by atoms with Crippen molar-refractivity contribution in [2.45, 2.75) is 58.2 Å². The first kappa shape index (κ1) is 14.3. The van der Waals surface area contributed by atoms with Crippen molar-refractivity contribution in [3.05, 3.63) is 72.9 Å². The van der Waals surface area contributed by atoms with E-state index < -0.39 is 19.2 Å². The Bertz CT molecular complexity index is 624. The first-order chi connectivity index (χ1) is 13.7. The second kappa shape index (κ2) is 19.0. The van der Waals surface area contributed by atoms with Gasteiger partial charge in [0.1, 0.15) is 0 Å². The summed E-state index contributed by atoms with van der Waals surface area (Å²) in [4.78, 5) is 10.3. The fourth-order valence-corrected chi connectivity index (χ4v) is 1.71. The maximum absolute atomic E-state index is 10.3. The van der Waals surface area contributed by atoms with Crippen LogP contribution in [0.1, 0.15) is 65.0 Å². The highest BCUT2D eigenvalue weighted by Crippen LogP contribution is 1.97. The molecule has 0 bridgehead atoms. The van der Waals surface area contributed by atoms with Gasteiger partial charge in [-0.2, -0.15) is 0 Å². The summed E-state index contributed by atoms with van der Waals surface area (Å²) in [5.74, 6) is -0.772. The van der Waals surface area contributed by atoms with E-state index in [4.69, 9.17) is 12.0 Å². The van der Waals surface area contributed by atoms with E-state index >= 15 is 0 Å². The molecule has 2 heteroatoms. The minimum atomic E-state index is -2.64. The van der Waals surface area contributed by atoms with Gasteiger partial charge in [-0.3, -0.25) is 4.79 Å². The van der Waals surface area contributed by atoms with Crippen LogP contribution >= 0.6 is 0 Å². The van der Waals surface area contributed by atoms with Crippen LogP contribution in [-0.2, 0) is 4.79 Å². The van der Waals surface area contributed by atoms with E-state index in [-0.39, 0.29) is 6.42 Å². The number of carbonyl (C=O) groups is 1. The zero-order chi connectivity index (χ0) is 22.0. The predicted octanol–water partition coefficient (Wildman–Crippen LogP) is 6.55. The lowest BCUT2D eigenvalue weighted by molar-refractivity contribution is -0.136. The Balaban J connectivity index is 3.77. The standard InChI is InChI=1S/C22H32O2/c1-2-3-4-5-6-7-8-9-10-11-12-13-14-15-16-17-18-19-20-21-22(23)24/h3-4,6-7,9-10,12-13,15-16,18-19H,2,5,8,11,14,17,20-21H2,1H3,(H,23,24)/b4-3-,7-6-,10-9+,13-12+,16-15+,19-18+/i1D3,2D2. The summed E-state index contributed by atoms with van der Waals surface area (Å²) < 4.78 is 36.2. The second-order valence-electron chi connectivity index (χ2n) is 5.01. The molecular formula is C22H32O2. The van der Waals surface area contributed by atoms with E-state index in [2.05, 4.69) is 30.4 Å². The molecule has 0 aromatic rings. The molecule has 0 atom stereocenters. The second-order valence-corrected chi connectivity index (χ2v) is 5.01. The van der Waals surface area contributed by atoms with E-state index in [1.54, 1.807) is 0 Å². The average molecular weight is 334 g/mol. The molecule has 0 saturated heterocycles. The van der Waals surface area contributed by atoms with Gasteiger partial charge in [-0.05, 0) is 44.9 Å². The lowest BCUT2D eigenvalue weighted by Gasteiger charge is -1.87. The Morgan fingerprint density at radius 1 is 0.750 bits per heavy atom. The highest BCUT2D eigenvalue weighted by Gasteiger charge is 1.90. The topological polar surface area (TPSA) is 37.3 Å². The van der Waals surface area contributed by atoms with Crippen LogP contribution in [0.2, 0.25) is 0 Å². The highest BCUT2D eigenvalue weighted by molar-refractivity contribution is 5.66. The Labute approximate surface area is 154 Å². The summed E-state index contributed by atoms with van der Waals surface area (Å²) in [5.41, 5.74) is 0. The van der Waals surface area contributed by atoms with Gasteiger partial charge < -0.3 is 5.11 Å². The molecule has 0 spiro atoms. The normalized spacial score (nSPS) is 17.2. The third-order valence-electron chi connectivity index (χ3n) is 2.92. The summed E-state index contributed by atoms with van der Waals surface area (Å²) in [7, 11) is 0. The first-order valence-corrected chi connectivity index (χ1v) is 8.31. The van der Waals surface area contributed by atoms with Crippen molar-refractivity contribution in [3.8, 4) is 0 Å². The fourth-order valence-electron chi connectivity index (χ4n) is 1.71. The van der Waals surface area contributed by atoms with Crippen molar-refractivity contribution in [3.63, 3.8) is 0 Å². The van der Waals surface area contributed by atoms with Crippen LogP contribution in [0.3, 0.4) is 0 Å². The third kappa shape index (κ3) is 19.9. The van der Waals surface area contributed by atoms with Crippen LogP contribution in [0.25, 0.3) is 0 Å². The zero-order valence-electron chi connectivity index (χ0n) is 19.2. The minimum Gasteiger partial charge on any atom is -0.481 e. The number of carboxylic acid groups (broad SMARTS) is 1. The molecule has 2 nitrogen and oxygen atoms in total. The molecule has 1 N–H and O–H groups in total. The molecule has 132 valence electrons. The van der Waals surface area contributed by atoms with E-state index in [0.717, 1.165) is 31.8 Å². The van der Waals surface area contributed by atoms with Gasteiger partial charge in [0, 0.05) is 13.3 Å². The summed E-state index contributed by atoms with van der Waals surface area (Å²) >= 11 is 0. The summed E-state index contributed by atoms with van der Waals surface area (Å²) in [6.07, 6.45) is 25.1. The van der Waals surface area contributed by atoms with Gasteiger partial charge in [-0.25, -0.2) is 0 Å². The summed E-state index contributed by atoms with van der Waals surface area (Å²) in [6, 6.07) is 0. The van der Waals surface area contributed by atoms with Gasteiger partial charge in [-0.1, -0.05) is 79.8 Å². The first-order valence-electron chi connectivity index (χ1n) is 10.8. The number of hydrogen-bond acceptors (Lipinski definition) is 1. The number of rotatable bonds is 14. The average Bonchev–Trinajstić information content (AvgIpc) is 2.62. The SMILES string of the molecule is [2H]C([2H])([2H])C([2H])([2H])/C=C\C/C=C\C/C=C/C/C=C/C/C=C/C/C=C/CCC(=O)O. The molecule has 0 unspecified atom stereocenters. The highest BCUT2D eigenvalue weighted by atomic mass is 16.4. The van der Waals surface area contributed by atoms with Crippen LogP contribution < -0.4 is 0 Å². The number of allylic oxidation sites excluding steroid dienone is 12. The Kier molecular flexibility index (Phi) is 11.3. The maximum atomic E-state index is 10.3. The monoisotopic (exact) mass is 333 g/mol. The van der Waals surface area contributed by atoms with Crippen molar-refractivity contribution in [1.82, 2.24) is 0 Å². The van der Waals surface area contributed by atoms with Gasteiger partial charge in [0.25, 0.3) is 0 Å². The van der Waals surface area contributed by atoms with Gasteiger partial charge in [0.05, 0.1) is 0 Å². The quantitative estimate of drug-likeness (QED) is 0.366. The van der Waals surface area contributed by atoms with Crippen molar-refractivity contribution >= 4 is 5.97 Å². The minimum absolute atomic E-state index is 0.175. The number of hydrogen-bond donors (Lipinski definition) is 1. The molecule has 24 heavy (non-hydrogen) atoms. The Hall–Kier alpha value is -2.09. The third-order valence-corrected chi connectivity index (χ3v) is 2.92. The van der Waals surface area contributed by atoms with Crippen LogP contribution in [0.15, 0.2) is 72.9 Å². The van der Waals surface area contributed by atoms with Gasteiger partial charge >= 0.3 is 5.97 Å². The fraction of sp³-hybridized carbons (Fsp3) is 0.409. The molecule has 0 radical (unpaired) electrons. The lowest BCUT2D eigenvalue weighted by Crippen LogP contribution is -1.91. The molecule has 0 aliphatic heterocycles. The van der Waals surface area contributed by atoms with Crippen LogP contribution in [0.5, 0.6) is 0 Å². The van der Waals surface area contributed by atoms with Crippen molar-refractivity contribution in [2.24, 2.45) is 0 Å². The zero-order valence-corrected chi connectivity index (χ0v) is 14.2. The molecule has 0 aliphatic carbocycles. The largest absolute Gasteiger partial charge is 0.481 e. The number of carboxylic acids is 1. The molecule has 0 aromatic heterocycles. The van der Waals surface area contributed by atoms with E-state index in [1.165, 1.54) is 6.08 Å². The number of aliphatic carboxylic acids is 1. The molecular weight excluding hydrogens is 296 g/mol. The van der Waals surface area contributed by atoms with Crippen LogP contribution in [-0.4, -0.2) is 11.1 Å². The summed E-state index contributed by atoms with van der Waals surface area (Å²) in [6.45, 7) is -2.64. The van der Waals surface area contributed by atoms with Crippen molar-refractivity contribution in [1.29, 1.82) is 0 Å². The molecule has 0 aromatic carbocycles. The van der Waals surface area contributed by atoms with Crippen LogP contribution in [0, 0.1) is 0 Å². The predicted molar refractivity (Wildman–Crippen MR) is 105 cm³/mol. The van der Waals surface area contributed by atoms with E-state index in [0.29, 0.717) is 12.8 Å². The van der Waals surface area contributed by atoms with E-state index in [9.17, 15) is 4.79 Å². The van der Waals surface area contributed by atoms with E-state index in [1.807, 2.05) is 30.4 Å². The maximum Gasteiger partial charge on any atom is 0.303 e. The molecule has 0 saturated carbocycles. The molecule has 0 rings (SSSR count). The van der Waals surface area contributed by atoms with Crippen molar-refractivity contribution in [2.75, 3.05) is 0 Å². The smallest absolute Gasteiger partial charge is 0.303 e. The van der Waals surface area contributed by atoms with Gasteiger partial charge in [0.15, 0.2) is 0 Å². The van der Waals surface area contributed by atoms with Gasteiger partial charge in [-0.15, -0.1) is 0 Å². The van der Waals surface area contributed by atoms with Crippen LogP contribution in [0.4, 0.5) is 0 Å². The molecule has 0 amide bonds. The van der Waals surface area contributed by atoms with Gasteiger partial charge in [0.2, 0.25) is 0 Å². The summed E-state index contributed by atoms with van der Waals surface area (Å²) in [5, 5.41) is 8.50. The molecule has 0 heterocycles. The molecule has 0 aliphatic rings. The van der Waals surface area contributed by atoms with Crippen molar-refractivity contribution < 1.29 is 16.8 Å².